The molecule has 1 unspecified atom stereocenters. The first kappa shape index (κ1) is 12.2. The summed E-state index contributed by atoms with van der Waals surface area (Å²) in [5, 5.41) is 22.3. The Morgan fingerprint density at radius 3 is 2.94 bits per heavy atom. The maximum Gasteiger partial charge on any atom is 0.306 e. The number of hydrogen-bond acceptors (Lipinski definition) is 5. The lowest BCUT2D eigenvalue weighted by atomic mass is 10.2. The Morgan fingerprint density at radius 2 is 2.28 bits per heavy atom. The number of aromatic nitrogens is 4. The van der Waals surface area contributed by atoms with Gasteiger partial charge in [-0.1, -0.05) is 0 Å². The fraction of sp³-hybridized carbons (Fsp3) is 0.400. The summed E-state index contributed by atoms with van der Waals surface area (Å²) in [4.78, 5) is 26.4. The number of aliphatic hydroxyl groups is 1. The van der Waals surface area contributed by atoms with Crippen molar-refractivity contribution in [1.29, 1.82) is 0 Å². The second-order valence-corrected chi connectivity index (χ2v) is 3.96. The number of aryl methyl sites for hydroxylation is 1. The van der Waals surface area contributed by atoms with E-state index in [9.17, 15) is 14.7 Å². The maximum atomic E-state index is 12.0. The summed E-state index contributed by atoms with van der Waals surface area (Å²) >= 11 is 0. The van der Waals surface area contributed by atoms with Crippen molar-refractivity contribution < 1.29 is 15.0 Å². The Hall–Kier alpha value is -2.22. The Kier molecular flexibility index (Phi) is 3.11. The quantitative estimate of drug-likeness (QED) is 0.719. The molecule has 0 saturated heterocycles. The van der Waals surface area contributed by atoms with Gasteiger partial charge in [0, 0.05) is 7.05 Å². The lowest BCUT2D eigenvalue weighted by Crippen LogP contribution is -2.28. The molecule has 0 saturated carbocycles. The zero-order chi connectivity index (χ0) is 13.3. The van der Waals surface area contributed by atoms with Gasteiger partial charge in [-0.2, -0.15) is 5.10 Å². The molecule has 18 heavy (non-hydrogen) atoms. The van der Waals surface area contributed by atoms with Crippen molar-refractivity contribution in [3.63, 3.8) is 0 Å². The second kappa shape index (κ2) is 4.57. The largest absolute Gasteiger partial charge is 0.481 e. The van der Waals surface area contributed by atoms with E-state index in [0.29, 0.717) is 11.0 Å². The Bertz CT molecular complexity index is 645. The van der Waals surface area contributed by atoms with Crippen LogP contribution in [-0.2, 0) is 18.4 Å². The minimum Gasteiger partial charge on any atom is -0.481 e. The monoisotopic (exact) mass is 252 g/mol. The van der Waals surface area contributed by atoms with Gasteiger partial charge in [0.25, 0.3) is 5.56 Å². The van der Waals surface area contributed by atoms with E-state index < -0.39 is 18.5 Å². The van der Waals surface area contributed by atoms with Crippen molar-refractivity contribution in [3.8, 4) is 0 Å². The summed E-state index contributed by atoms with van der Waals surface area (Å²) in [6.45, 7) is -0.108. The summed E-state index contributed by atoms with van der Waals surface area (Å²) in [6, 6.07) is 0. The third-order valence-corrected chi connectivity index (χ3v) is 2.54. The highest BCUT2D eigenvalue weighted by Crippen LogP contribution is 2.04. The highest BCUT2D eigenvalue weighted by atomic mass is 16.4. The van der Waals surface area contributed by atoms with Crippen LogP contribution in [0.4, 0.5) is 0 Å². The molecule has 0 aliphatic heterocycles. The fourth-order valence-electron chi connectivity index (χ4n) is 1.69. The number of carbonyl (C=O) groups is 1. The number of hydrogen-bond donors (Lipinski definition) is 2. The molecule has 2 aromatic heterocycles. The van der Waals surface area contributed by atoms with E-state index >= 15 is 0 Å². The van der Waals surface area contributed by atoms with Crippen molar-refractivity contribution in [1.82, 2.24) is 19.3 Å². The Labute approximate surface area is 101 Å². The summed E-state index contributed by atoms with van der Waals surface area (Å²) < 4.78 is 2.65. The number of fused-ring (bicyclic) bond motifs is 1. The number of nitrogens with zero attached hydrogens (tertiary/aromatic N) is 4. The first-order valence-corrected chi connectivity index (χ1v) is 5.26. The number of carboxylic acids is 1. The van der Waals surface area contributed by atoms with Gasteiger partial charge < -0.3 is 10.2 Å². The van der Waals surface area contributed by atoms with Gasteiger partial charge in [-0.05, 0) is 0 Å². The number of aliphatic carboxylic acids is 1. The van der Waals surface area contributed by atoms with Gasteiger partial charge in [-0.15, -0.1) is 0 Å². The average molecular weight is 252 g/mol. The summed E-state index contributed by atoms with van der Waals surface area (Å²) in [7, 11) is 1.67. The van der Waals surface area contributed by atoms with Gasteiger partial charge in [0.1, 0.15) is 11.7 Å². The zero-order valence-electron chi connectivity index (χ0n) is 9.65. The maximum absolute atomic E-state index is 12.0. The minimum absolute atomic E-state index is 0.108. The minimum atomic E-state index is -1.13. The third kappa shape index (κ3) is 2.23. The van der Waals surface area contributed by atoms with Crippen LogP contribution < -0.4 is 5.56 Å². The average Bonchev–Trinajstić information content (AvgIpc) is 2.64. The predicted octanol–water partition coefficient (Wildman–Crippen LogP) is -1.03. The lowest BCUT2D eigenvalue weighted by molar-refractivity contribution is -0.139. The highest BCUT2D eigenvalue weighted by molar-refractivity contribution is 5.72. The Balaban J connectivity index is 2.32. The molecular formula is C10H12N4O4. The highest BCUT2D eigenvalue weighted by Gasteiger charge is 2.13. The summed E-state index contributed by atoms with van der Waals surface area (Å²) in [5.41, 5.74) is 0.0986. The topological polar surface area (TPSA) is 110 Å². The normalized spacial score (nSPS) is 12.8. The van der Waals surface area contributed by atoms with Crippen LogP contribution in [0.25, 0.3) is 11.0 Å². The molecule has 8 heteroatoms. The van der Waals surface area contributed by atoms with Crippen molar-refractivity contribution in [2.24, 2.45) is 7.05 Å². The molecule has 96 valence electrons. The van der Waals surface area contributed by atoms with Gasteiger partial charge in [0.2, 0.25) is 0 Å². The van der Waals surface area contributed by atoms with Gasteiger partial charge in [-0.25, -0.2) is 4.98 Å². The molecule has 0 bridgehead atoms. The molecule has 0 aliphatic carbocycles. The van der Waals surface area contributed by atoms with Gasteiger partial charge >= 0.3 is 5.97 Å². The lowest BCUT2D eigenvalue weighted by Gasteiger charge is -2.09. The van der Waals surface area contributed by atoms with E-state index in [1.54, 1.807) is 7.05 Å². The second-order valence-electron chi connectivity index (χ2n) is 3.96. The predicted molar refractivity (Wildman–Crippen MR) is 61.0 cm³/mol. The van der Waals surface area contributed by atoms with E-state index in [-0.39, 0.29) is 12.1 Å². The first-order chi connectivity index (χ1) is 8.49. The van der Waals surface area contributed by atoms with Gasteiger partial charge in [-0.3, -0.25) is 18.8 Å². The van der Waals surface area contributed by atoms with E-state index in [2.05, 4.69) is 10.1 Å². The van der Waals surface area contributed by atoms with Gasteiger partial charge in [0.05, 0.1) is 25.3 Å². The molecule has 0 fully saturated rings. The molecule has 2 rings (SSSR count). The summed E-state index contributed by atoms with van der Waals surface area (Å²) in [6.07, 6.45) is 1.12. The van der Waals surface area contributed by atoms with Crippen molar-refractivity contribution in [2.75, 3.05) is 0 Å². The van der Waals surface area contributed by atoms with Crippen molar-refractivity contribution in [3.05, 3.63) is 22.9 Å². The van der Waals surface area contributed by atoms with Crippen LogP contribution in [0, 0.1) is 0 Å². The number of rotatable bonds is 4. The molecule has 0 amide bonds. The van der Waals surface area contributed by atoms with Crippen molar-refractivity contribution >= 4 is 17.0 Å². The third-order valence-electron chi connectivity index (χ3n) is 2.54. The van der Waals surface area contributed by atoms with Crippen molar-refractivity contribution in [2.45, 2.75) is 19.1 Å². The molecule has 1 atom stereocenters. The van der Waals surface area contributed by atoms with Crippen LogP contribution in [0.3, 0.4) is 0 Å². The number of aliphatic hydroxyl groups excluding tert-OH is 1. The van der Waals surface area contributed by atoms with E-state index in [1.165, 1.54) is 21.8 Å². The Morgan fingerprint density at radius 1 is 1.56 bits per heavy atom. The summed E-state index contributed by atoms with van der Waals surface area (Å²) in [5.74, 6) is -1.12. The first-order valence-electron chi connectivity index (χ1n) is 5.26. The molecule has 0 aliphatic rings. The molecule has 0 aromatic carbocycles. The molecule has 2 heterocycles. The van der Waals surface area contributed by atoms with Gasteiger partial charge in [0.15, 0.2) is 5.65 Å². The van der Waals surface area contributed by atoms with Crippen LogP contribution in [0.1, 0.15) is 6.42 Å². The SMILES string of the molecule is Cn1ncc2c(=O)n(CC(O)CC(=O)O)cnc21. The standard InChI is InChI=1S/C10H12N4O4/c1-13-9-7(3-12-13)10(18)14(5-11-9)4-6(15)2-8(16)17/h3,5-6,15H,2,4H2,1H3,(H,16,17). The van der Waals surface area contributed by atoms with E-state index in [4.69, 9.17) is 5.11 Å². The van der Waals surface area contributed by atoms with Crippen LogP contribution in [0.5, 0.6) is 0 Å². The fourth-order valence-corrected chi connectivity index (χ4v) is 1.69. The zero-order valence-corrected chi connectivity index (χ0v) is 9.65. The molecule has 8 nitrogen and oxygen atoms in total. The van der Waals surface area contributed by atoms with E-state index in [0.717, 1.165) is 0 Å². The number of carboxylic acid groups (broad SMARTS) is 1. The van der Waals surface area contributed by atoms with E-state index in [1.807, 2.05) is 0 Å². The molecular weight excluding hydrogens is 240 g/mol. The molecule has 0 radical (unpaired) electrons. The van der Waals surface area contributed by atoms with Crippen LogP contribution in [0.2, 0.25) is 0 Å². The van der Waals surface area contributed by atoms with Crippen LogP contribution in [0.15, 0.2) is 17.3 Å². The smallest absolute Gasteiger partial charge is 0.306 e. The molecule has 0 spiro atoms. The van der Waals surface area contributed by atoms with Crippen LogP contribution in [-0.4, -0.2) is 41.6 Å². The molecule has 2 N–H and O–H groups in total. The van der Waals surface area contributed by atoms with Crippen LogP contribution >= 0.6 is 0 Å². The molecule has 2 aromatic rings.